The van der Waals surface area contributed by atoms with E-state index < -0.39 is 23.4 Å². The molecule has 0 radical (unpaired) electrons. The number of nitrogens with zero attached hydrogens (tertiary/aromatic N) is 1. The van der Waals surface area contributed by atoms with Gasteiger partial charge in [-0.3, -0.25) is 19.1 Å². The molecule has 1 N–H and O–H groups in total. The first kappa shape index (κ1) is 15.2. The highest BCUT2D eigenvalue weighted by Gasteiger charge is 2.18. The van der Waals surface area contributed by atoms with E-state index in [-0.39, 0.29) is 13.0 Å². The van der Waals surface area contributed by atoms with Gasteiger partial charge in [0.05, 0.1) is 13.0 Å². The molecule has 0 saturated carbocycles. The van der Waals surface area contributed by atoms with Crippen LogP contribution in [-0.2, 0) is 14.3 Å². The molecule has 0 saturated heterocycles. The van der Waals surface area contributed by atoms with Gasteiger partial charge >= 0.3 is 11.7 Å². The Balaban J connectivity index is 3.05. The lowest BCUT2D eigenvalue weighted by Crippen LogP contribution is -2.35. The molecule has 7 nitrogen and oxygen atoms in total. The van der Waals surface area contributed by atoms with Crippen molar-refractivity contribution in [3.63, 3.8) is 0 Å². The third kappa shape index (κ3) is 4.06. The minimum Gasteiger partial charge on any atom is -0.466 e. The van der Waals surface area contributed by atoms with E-state index in [1.54, 1.807) is 20.8 Å². The summed E-state index contributed by atoms with van der Waals surface area (Å²) < 4.78 is 11.4. The number of carbonyl (C=O) groups excluding carboxylic acids is 1. The summed E-state index contributed by atoms with van der Waals surface area (Å²) in [5.41, 5.74) is -0.695. The number of aryl methyl sites for hydroxylation is 1. The van der Waals surface area contributed by atoms with Crippen LogP contribution >= 0.6 is 0 Å². The standard InChI is InChI=1S/C12H18N2O5/c1-4-18-9(6-10(15)19-5-2)14-7-8(3)11(16)13-12(14)17/h7,9H,4-6H2,1-3H3,(H,13,16,17). The topological polar surface area (TPSA) is 90.4 Å². The fourth-order valence-corrected chi connectivity index (χ4v) is 1.59. The minimum absolute atomic E-state index is 0.0902. The van der Waals surface area contributed by atoms with E-state index in [1.807, 2.05) is 0 Å². The quantitative estimate of drug-likeness (QED) is 0.752. The Morgan fingerprint density at radius 1 is 1.37 bits per heavy atom. The zero-order chi connectivity index (χ0) is 14.4. The van der Waals surface area contributed by atoms with Gasteiger partial charge in [0.1, 0.15) is 6.23 Å². The highest BCUT2D eigenvalue weighted by atomic mass is 16.5. The summed E-state index contributed by atoms with van der Waals surface area (Å²) in [7, 11) is 0. The molecule has 106 valence electrons. The predicted molar refractivity (Wildman–Crippen MR) is 68.0 cm³/mol. The Kier molecular flexibility index (Phi) is 5.50. The van der Waals surface area contributed by atoms with Gasteiger partial charge in [-0.2, -0.15) is 0 Å². The van der Waals surface area contributed by atoms with E-state index in [1.165, 1.54) is 10.8 Å². The van der Waals surface area contributed by atoms with Gasteiger partial charge in [-0.1, -0.05) is 0 Å². The first-order valence-electron chi connectivity index (χ1n) is 6.08. The molecule has 0 aliphatic rings. The van der Waals surface area contributed by atoms with Gasteiger partial charge in [0, 0.05) is 18.4 Å². The van der Waals surface area contributed by atoms with E-state index in [0.29, 0.717) is 12.2 Å². The Morgan fingerprint density at radius 3 is 2.63 bits per heavy atom. The van der Waals surface area contributed by atoms with Gasteiger partial charge in [-0.25, -0.2) is 4.79 Å². The van der Waals surface area contributed by atoms with E-state index in [2.05, 4.69) is 4.98 Å². The second-order valence-electron chi connectivity index (χ2n) is 3.90. The summed E-state index contributed by atoms with van der Waals surface area (Å²) in [6.07, 6.45) is 0.500. The van der Waals surface area contributed by atoms with Crippen LogP contribution in [0.2, 0.25) is 0 Å². The second kappa shape index (κ2) is 6.89. The molecule has 1 rings (SSSR count). The van der Waals surface area contributed by atoms with Gasteiger partial charge in [0.15, 0.2) is 0 Å². The van der Waals surface area contributed by atoms with Crippen molar-refractivity contribution in [2.24, 2.45) is 0 Å². The van der Waals surface area contributed by atoms with Crippen LogP contribution in [0, 0.1) is 6.92 Å². The lowest BCUT2D eigenvalue weighted by atomic mass is 10.3. The number of H-pyrrole nitrogens is 1. The molecule has 7 heteroatoms. The molecule has 0 fully saturated rings. The highest BCUT2D eigenvalue weighted by molar-refractivity contribution is 5.69. The number of hydrogen-bond acceptors (Lipinski definition) is 5. The number of ether oxygens (including phenoxy) is 2. The zero-order valence-electron chi connectivity index (χ0n) is 11.3. The van der Waals surface area contributed by atoms with Crippen LogP contribution in [0.1, 0.15) is 32.1 Å². The predicted octanol–water partition coefficient (Wildman–Crippen LogP) is 0.333. The highest BCUT2D eigenvalue weighted by Crippen LogP contribution is 2.11. The number of esters is 1. The molecule has 1 aromatic rings. The van der Waals surface area contributed by atoms with Crippen LogP contribution in [-0.4, -0.2) is 28.7 Å². The molecule has 1 atom stereocenters. The maximum atomic E-state index is 11.7. The van der Waals surface area contributed by atoms with Crippen molar-refractivity contribution >= 4 is 5.97 Å². The van der Waals surface area contributed by atoms with Crippen LogP contribution in [0.5, 0.6) is 0 Å². The van der Waals surface area contributed by atoms with E-state index in [9.17, 15) is 14.4 Å². The lowest BCUT2D eigenvalue weighted by molar-refractivity contribution is -0.148. The smallest absolute Gasteiger partial charge is 0.330 e. The molecule has 1 aromatic heterocycles. The molecule has 0 aromatic carbocycles. The average Bonchev–Trinajstić information content (AvgIpc) is 2.33. The van der Waals surface area contributed by atoms with Crippen LogP contribution in [0.15, 0.2) is 15.8 Å². The van der Waals surface area contributed by atoms with Crippen LogP contribution in [0.4, 0.5) is 0 Å². The summed E-state index contributed by atoms with van der Waals surface area (Å²) in [6, 6.07) is 0. The van der Waals surface area contributed by atoms with Crippen molar-refractivity contribution < 1.29 is 14.3 Å². The number of hydrogen-bond donors (Lipinski definition) is 1. The number of aromatic nitrogens is 2. The third-order valence-electron chi connectivity index (χ3n) is 2.46. The van der Waals surface area contributed by atoms with Crippen molar-refractivity contribution in [1.29, 1.82) is 0 Å². The number of aromatic amines is 1. The summed E-state index contributed by atoms with van der Waals surface area (Å²) in [6.45, 7) is 5.61. The Labute approximate surface area is 110 Å². The van der Waals surface area contributed by atoms with Crippen molar-refractivity contribution in [3.8, 4) is 0 Å². The lowest BCUT2D eigenvalue weighted by Gasteiger charge is -2.18. The fourth-order valence-electron chi connectivity index (χ4n) is 1.59. The SMILES string of the molecule is CCOC(=O)CC(OCC)n1cc(C)c(=O)[nH]c1=O. The zero-order valence-corrected chi connectivity index (χ0v) is 11.3. The summed E-state index contributed by atoms with van der Waals surface area (Å²) in [5.74, 6) is -0.461. The summed E-state index contributed by atoms with van der Waals surface area (Å²) in [4.78, 5) is 36.7. The molecular formula is C12H18N2O5. The maximum absolute atomic E-state index is 11.7. The van der Waals surface area contributed by atoms with Gasteiger partial charge in [0.2, 0.25) is 0 Å². The van der Waals surface area contributed by atoms with Gasteiger partial charge < -0.3 is 9.47 Å². The Bertz CT molecular complexity index is 546. The van der Waals surface area contributed by atoms with Crippen LogP contribution in [0.3, 0.4) is 0 Å². The molecule has 0 spiro atoms. The molecule has 0 amide bonds. The monoisotopic (exact) mass is 270 g/mol. The van der Waals surface area contributed by atoms with Gasteiger partial charge in [-0.15, -0.1) is 0 Å². The molecule has 1 heterocycles. The van der Waals surface area contributed by atoms with Crippen molar-refractivity contribution in [3.05, 3.63) is 32.6 Å². The van der Waals surface area contributed by atoms with Crippen LogP contribution in [0.25, 0.3) is 0 Å². The first-order chi connectivity index (χ1) is 8.99. The van der Waals surface area contributed by atoms with E-state index >= 15 is 0 Å². The Morgan fingerprint density at radius 2 is 2.05 bits per heavy atom. The molecule has 1 unspecified atom stereocenters. The number of carbonyl (C=O) groups is 1. The Hall–Kier alpha value is -1.89. The van der Waals surface area contributed by atoms with E-state index in [0.717, 1.165) is 0 Å². The number of rotatable bonds is 6. The van der Waals surface area contributed by atoms with Crippen LogP contribution < -0.4 is 11.2 Å². The molecule has 19 heavy (non-hydrogen) atoms. The maximum Gasteiger partial charge on any atom is 0.330 e. The summed E-state index contributed by atoms with van der Waals surface area (Å²) in [5, 5.41) is 0. The normalized spacial score (nSPS) is 12.2. The molecule has 0 aliphatic carbocycles. The van der Waals surface area contributed by atoms with Gasteiger partial charge in [0.25, 0.3) is 5.56 Å². The molecular weight excluding hydrogens is 252 g/mol. The minimum atomic E-state index is -0.785. The van der Waals surface area contributed by atoms with E-state index in [4.69, 9.17) is 9.47 Å². The molecule has 0 bridgehead atoms. The van der Waals surface area contributed by atoms with Gasteiger partial charge in [-0.05, 0) is 20.8 Å². The third-order valence-corrected chi connectivity index (χ3v) is 2.46. The number of nitrogens with one attached hydrogen (secondary N) is 1. The summed E-state index contributed by atoms with van der Waals surface area (Å²) >= 11 is 0. The fraction of sp³-hybridized carbons (Fsp3) is 0.583. The van der Waals surface area contributed by atoms with Crippen molar-refractivity contribution in [2.75, 3.05) is 13.2 Å². The van der Waals surface area contributed by atoms with Crippen molar-refractivity contribution in [1.82, 2.24) is 9.55 Å². The average molecular weight is 270 g/mol. The first-order valence-corrected chi connectivity index (χ1v) is 6.08. The molecule has 0 aliphatic heterocycles. The second-order valence-corrected chi connectivity index (χ2v) is 3.90. The largest absolute Gasteiger partial charge is 0.466 e. The van der Waals surface area contributed by atoms with Crippen molar-refractivity contribution in [2.45, 2.75) is 33.4 Å².